The monoisotopic (exact) mass is 282 g/mol. The summed E-state index contributed by atoms with van der Waals surface area (Å²) in [6.07, 6.45) is 4.75. The second-order valence-electron chi connectivity index (χ2n) is 5.18. The molecule has 1 saturated carbocycles. The van der Waals surface area contributed by atoms with E-state index in [9.17, 15) is 9.59 Å². The Kier molecular flexibility index (Phi) is 4.52. The van der Waals surface area contributed by atoms with Gasteiger partial charge in [-0.15, -0.1) is 11.3 Å². The number of hydrogen-bond acceptors (Lipinski definition) is 4. The molecule has 5 nitrogen and oxygen atoms in total. The zero-order chi connectivity index (χ0) is 13.8. The van der Waals surface area contributed by atoms with Crippen LogP contribution in [0, 0.1) is 11.8 Å². The van der Waals surface area contributed by atoms with Gasteiger partial charge in [0.05, 0.1) is 0 Å². The molecular formula is C13H18N2O3S. The third kappa shape index (κ3) is 3.76. The Hall–Kier alpha value is -1.43. The van der Waals surface area contributed by atoms with Crippen LogP contribution in [0.2, 0.25) is 0 Å². The molecule has 0 aliphatic heterocycles. The van der Waals surface area contributed by atoms with E-state index >= 15 is 0 Å². The highest BCUT2D eigenvalue weighted by atomic mass is 32.1. The van der Waals surface area contributed by atoms with E-state index in [1.165, 1.54) is 18.2 Å². The van der Waals surface area contributed by atoms with E-state index in [0.29, 0.717) is 12.5 Å². The fraction of sp³-hybridized carbons (Fsp3) is 0.615. The Bertz CT molecular complexity index is 464. The van der Waals surface area contributed by atoms with Gasteiger partial charge in [0.15, 0.2) is 10.7 Å². The van der Waals surface area contributed by atoms with Crippen molar-refractivity contribution in [3.63, 3.8) is 0 Å². The first kappa shape index (κ1) is 14.0. The van der Waals surface area contributed by atoms with Crippen LogP contribution in [0.4, 0.5) is 0 Å². The van der Waals surface area contributed by atoms with Gasteiger partial charge in [-0.2, -0.15) is 0 Å². The van der Waals surface area contributed by atoms with Crippen molar-refractivity contribution >= 4 is 23.2 Å². The van der Waals surface area contributed by atoms with Crippen LogP contribution in [0.1, 0.15) is 52.9 Å². The molecule has 1 aromatic rings. The third-order valence-electron chi connectivity index (χ3n) is 3.60. The summed E-state index contributed by atoms with van der Waals surface area (Å²) in [6, 6.07) is 0. The van der Waals surface area contributed by atoms with E-state index in [2.05, 4.69) is 17.2 Å². The minimum atomic E-state index is -1.10. The third-order valence-corrected chi connectivity index (χ3v) is 4.45. The van der Waals surface area contributed by atoms with Crippen molar-refractivity contribution in [1.29, 1.82) is 0 Å². The second kappa shape index (κ2) is 6.14. The Balaban J connectivity index is 1.82. The number of aromatic nitrogens is 1. The Morgan fingerprint density at radius 1 is 1.42 bits per heavy atom. The maximum absolute atomic E-state index is 11.8. The van der Waals surface area contributed by atoms with Gasteiger partial charge in [-0.1, -0.05) is 19.8 Å². The minimum Gasteiger partial charge on any atom is -0.476 e. The summed E-state index contributed by atoms with van der Waals surface area (Å²) in [4.78, 5) is 26.3. The number of carboxylic acid groups (broad SMARTS) is 1. The predicted molar refractivity (Wildman–Crippen MR) is 72.5 cm³/mol. The average molecular weight is 282 g/mol. The summed E-state index contributed by atoms with van der Waals surface area (Å²) < 4.78 is 0. The molecule has 1 aromatic heterocycles. The number of hydrogen-bond donors (Lipinski definition) is 2. The largest absolute Gasteiger partial charge is 0.476 e. The van der Waals surface area contributed by atoms with Crippen LogP contribution in [0.5, 0.6) is 0 Å². The molecule has 2 N–H and O–H groups in total. The normalized spacial score (nSPS) is 23.0. The van der Waals surface area contributed by atoms with Crippen molar-refractivity contribution in [2.75, 3.05) is 6.54 Å². The number of carbonyl (C=O) groups excluding carboxylic acids is 1. The van der Waals surface area contributed by atoms with E-state index in [4.69, 9.17) is 5.11 Å². The number of nitrogens with one attached hydrogen (secondary N) is 1. The van der Waals surface area contributed by atoms with Crippen LogP contribution in [0.25, 0.3) is 0 Å². The molecule has 0 atom stereocenters. The number of nitrogens with zero attached hydrogens (tertiary/aromatic N) is 1. The smallest absolute Gasteiger partial charge is 0.355 e. The van der Waals surface area contributed by atoms with E-state index < -0.39 is 5.97 Å². The molecule has 0 aromatic carbocycles. The van der Waals surface area contributed by atoms with Crippen molar-refractivity contribution in [3.8, 4) is 0 Å². The highest BCUT2D eigenvalue weighted by molar-refractivity contribution is 7.11. The van der Waals surface area contributed by atoms with Crippen LogP contribution >= 0.6 is 11.3 Å². The molecule has 1 aliphatic carbocycles. The summed E-state index contributed by atoms with van der Waals surface area (Å²) in [7, 11) is 0. The van der Waals surface area contributed by atoms with Crippen molar-refractivity contribution in [2.24, 2.45) is 11.8 Å². The number of thiazole rings is 1. The Morgan fingerprint density at radius 2 is 2.11 bits per heavy atom. The molecule has 19 heavy (non-hydrogen) atoms. The molecule has 0 radical (unpaired) electrons. The molecule has 1 amide bonds. The first-order valence-corrected chi connectivity index (χ1v) is 7.41. The molecule has 104 valence electrons. The zero-order valence-corrected chi connectivity index (χ0v) is 11.7. The lowest BCUT2D eigenvalue weighted by molar-refractivity contribution is 0.0691. The lowest BCUT2D eigenvalue weighted by Crippen LogP contribution is -2.31. The molecular weight excluding hydrogens is 264 g/mol. The summed E-state index contributed by atoms with van der Waals surface area (Å²) in [5, 5.41) is 13.2. The standard InChI is InChI=1S/C13H18N2O3S/c1-8-2-4-9(5-3-8)6-14-11(16)12-15-10(7-19-12)13(17)18/h7-9H,2-6H2,1H3,(H,14,16)(H,17,18). The van der Waals surface area contributed by atoms with Gasteiger partial charge >= 0.3 is 5.97 Å². The molecule has 0 spiro atoms. The van der Waals surface area contributed by atoms with Crippen molar-refractivity contribution < 1.29 is 14.7 Å². The van der Waals surface area contributed by atoms with Crippen molar-refractivity contribution in [3.05, 3.63) is 16.1 Å². The summed E-state index contributed by atoms with van der Waals surface area (Å²) >= 11 is 1.07. The van der Waals surface area contributed by atoms with Crippen LogP contribution in [-0.2, 0) is 0 Å². The first-order valence-electron chi connectivity index (χ1n) is 6.53. The number of aromatic carboxylic acids is 1. The maximum atomic E-state index is 11.8. The molecule has 1 fully saturated rings. The average Bonchev–Trinajstić information content (AvgIpc) is 2.87. The number of carboxylic acids is 1. The summed E-state index contributed by atoms with van der Waals surface area (Å²) in [5.74, 6) is -0.0317. The van der Waals surface area contributed by atoms with E-state index in [-0.39, 0.29) is 16.6 Å². The van der Waals surface area contributed by atoms with Gasteiger partial charge in [-0.05, 0) is 24.7 Å². The first-order chi connectivity index (χ1) is 9.06. The molecule has 1 heterocycles. The highest BCUT2D eigenvalue weighted by Crippen LogP contribution is 2.27. The van der Waals surface area contributed by atoms with Crippen molar-refractivity contribution in [2.45, 2.75) is 32.6 Å². The number of rotatable bonds is 4. The SMILES string of the molecule is CC1CCC(CNC(=O)c2nc(C(=O)O)cs2)CC1. The lowest BCUT2D eigenvalue weighted by Gasteiger charge is -2.26. The van der Waals surface area contributed by atoms with Crippen LogP contribution in [0.15, 0.2) is 5.38 Å². The number of amides is 1. The Morgan fingerprint density at radius 3 is 2.68 bits per heavy atom. The zero-order valence-electron chi connectivity index (χ0n) is 10.9. The number of carbonyl (C=O) groups is 2. The van der Waals surface area contributed by atoms with E-state index in [1.807, 2.05) is 0 Å². The van der Waals surface area contributed by atoms with Crippen molar-refractivity contribution in [1.82, 2.24) is 10.3 Å². The molecule has 1 aliphatic rings. The maximum Gasteiger partial charge on any atom is 0.355 e. The molecule has 2 rings (SSSR count). The Labute approximate surface area is 116 Å². The van der Waals surface area contributed by atoms with Crippen LogP contribution in [-0.4, -0.2) is 28.5 Å². The van der Waals surface area contributed by atoms with Gasteiger partial charge in [-0.25, -0.2) is 9.78 Å². The molecule has 0 unspecified atom stereocenters. The fourth-order valence-electron chi connectivity index (χ4n) is 2.32. The quantitative estimate of drug-likeness (QED) is 0.888. The molecule has 6 heteroatoms. The van der Waals surface area contributed by atoms with Gasteiger partial charge in [-0.3, -0.25) is 4.79 Å². The van der Waals surface area contributed by atoms with Gasteiger partial charge in [0, 0.05) is 11.9 Å². The van der Waals surface area contributed by atoms with Gasteiger partial charge < -0.3 is 10.4 Å². The predicted octanol–water partition coefficient (Wildman–Crippen LogP) is 2.40. The highest BCUT2D eigenvalue weighted by Gasteiger charge is 2.20. The van der Waals surface area contributed by atoms with E-state index in [1.54, 1.807) is 0 Å². The van der Waals surface area contributed by atoms with Gasteiger partial charge in [0.1, 0.15) is 0 Å². The molecule has 0 bridgehead atoms. The summed E-state index contributed by atoms with van der Waals surface area (Å²) in [5.41, 5.74) is -0.0679. The van der Waals surface area contributed by atoms with Crippen LogP contribution < -0.4 is 5.32 Å². The minimum absolute atomic E-state index is 0.0679. The topological polar surface area (TPSA) is 79.3 Å². The van der Waals surface area contributed by atoms with Gasteiger partial charge in [0.2, 0.25) is 0 Å². The molecule has 0 saturated heterocycles. The second-order valence-corrected chi connectivity index (χ2v) is 6.04. The van der Waals surface area contributed by atoms with E-state index in [0.717, 1.165) is 30.1 Å². The lowest BCUT2D eigenvalue weighted by atomic mass is 9.83. The summed E-state index contributed by atoms with van der Waals surface area (Å²) in [6.45, 7) is 2.92. The fourth-order valence-corrected chi connectivity index (χ4v) is 3.03. The van der Waals surface area contributed by atoms with Gasteiger partial charge in [0.25, 0.3) is 5.91 Å². The van der Waals surface area contributed by atoms with Crippen LogP contribution in [0.3, 0.4) is 0 Å².